The third-order valence-electron chi connectivity index (χ3n) is 4.46. The van der Waals surface area contributed by atoms with E-state index in [0.29, 0.717) is 23.2 Å². The second-order valence-electron chi connectivity index (χ2n) is 7.30. The lowest BCUT2D eigenvalue weighted by molar-refractivity contribution is -0.116. The predicted molar refractivity (Wildman–Crippen MR) is 115 cm³/mol. The molecule has 0 aliphatic rings. The van der Waals surface area contributed by atoms with E-state index in [1.165, 1.54) is 11.3 Å². The van der Waals surface area contributed by atoms with Crippen LogP contribution >= 0.6 is 11.3 Å². The smallest absolute Gasteiger partial charge is 0.254 e. The van der Waals surface area contributed by atoms with Gasteiger partial charge < -0.3 is 10.2 Å². The molecule has 28 heavy (non-hydrogen) atoms. The first-order chi connectivity index (χ1) is 13.4. The van der Waals surface area contributed by atoms with Gasteiger partial charge in [0.05, 0.1) is 0 Å². The number of aryl methyl sites for hydroxylation is 1. The van der Waals surface area contributed by atoms with E-state index in [0.717, 1.165) is 22.1 Å². The Hall–Kier alpha value is -2.73. The molecule has 0 bridgehead atoms. The third kappa shape index (κ3) is 5.16. The summed E-state index contributed by atoms with van der Waals surface area (Å²) in [5.74, 6) is 0.0840. The maximum atomic E-state index is 13.1. The van der Waals surface area contributed by atoms with E-state index in [9.17, 15) is 9.59 Å². The van der Waals surface area contributed by atoms with E-state index in [1.807, 2.05) is 49.4 Å². The van der Waals surface area contributed by atoms with Crippen molar-refractivity contribution in [3.63, 3.8) is 0 Å². The van der Waals surface area contributed by atoms with E-state index in [-0.39, 0.29) is 18.4 Å². The van der Waals surface area contributed by atoms with Crippen molar-refractivity contribution >= 4 is 39.1 Å². The predicted octanol–water partition coefficient (Wildman–Crippen LogP) is 4.73. The highest BCUT2D eigenvalue weighted by Crippen LogP contribution is 2.19. The van der Waals surface area contributed by atoms with Crippen molar-refractivity contribution < 1.29 is 9.59 Å². The number of carbonyl (C=O) groups excluding carboxylic acids is 2. The molecule has 0 atom stereocenters. The number of carbonyl (C=O) groups is 2. The maximum absolute atomic E-state index is 13.1. The Kier molecular flexibility index (Phi) is 6.41. The topological polar surface area (TPSA) is 62.3 Å². The van der Waals surface area contributed by atoms with Gasteiger partial charge in [-0.3, -0.25) is 9.59 Å². The summed E-state index contributed by atoms with van der Waals surface area (Å²) >= 11 is 1.42. The molecule has 5 nitrogen and oxygen atoms in total. The van der Waals surface area contributed by atoms with Crippen LogP contribution in [0, 0.1) is 12.8 Å². The van der Waals surface area contributed by atoms with Crippen LogP contribution in [0.15, 0.2) is 48.7 Å². The van der Waals surface area contributed by atoms with Crippen LogP contribution in [0.25, 0.3) is 10.8 Å². The third-order valence-corrected chi connectivity index (χ3v) is 5.29. The lowest BCUT2D eigenvalue weighted by atomic mass is 10.1. The normalized spacial score (nSPS) is 11.0. The van der Waals surface area contributed by atoms with Gasteiger partial charge in [-0.15, -0.1) is 11.3 Å². The molecule has 1 heterocycles. The number of amides is 2. The minimum absolute atomic E-state index is 0.0109. The van der Waals surface area contributed by atoms with Gasteiger partial charge in [0.25, 0.3) is 5.91 Å². The number of nitrogens with zero attached hydrogens (tertiary/aromatic N) is 2. The highest BCUT2D eigenvalue weighted by molar-refractivity contribution is 7.15. The average Bonchev–Trinajstić information content (AvgIpc) is 3.08. The molecule has 0 aliphatic heterocycles. The first kappa shape index (κ1) is 20.0. The molecule has 0 saturated carbocycles. The second kappa shape index (κ2) is 8.97. The van der Waals surface area contributed by atoms with Gasteiger partial charge in [0.15, 0.2) is 5.13 Å². The van der Waals surface area contributed by atoms with Gasteiger partial charge in [-0.25, -0.2) is 4.98 Å². The molecule has 0 aliphatic carbocycles. The lowest BCUT2D eigenvalue weighted by Crippen LogP contribution is -2.39. The fourth-order valence-electron chi connectivity index (χ4n) is 2.92. The summed E-state index contributed by atoms with van der Waals surface area (Å²) in [5.41, 5.74) is 0.598. The standard InChI is InChI=1S/C22H25N3O2S/c1-15(2)10-11-25(14-20(26)24-22-23-13-16(3)28-22)21(27)19-9-8-17-6-4-5-7-18(17)12-19/h4-9,12-13,15H,10-11,14H2,1-3H3,(H,23,24,26). The Morgan fingerprint density at radius 2 is 1.89 bits per heavy atom. The first-order valence-electron chi connectivity index (χ1n) is 9.42. The van der Waals surface area contributed by atoms with Crippen LogP contribution in [0.3, 0.4) is 0 Å². The number of hydrogen-bond donors (Lipinski definition) is 1. The van der Waals surface area contributed by atoms with Gasteiger partial charge in [0.1, 0.15) is 6.54 Å². The fraction of sp³-hybridized carbons (Fsp3) is 0.318. The molecule has 1 aromatic heterocycles. The van der Waals surface area contributed by atoms with Gasteiger partial charge >= 0.3 is 0 Å². The minimum Gasteiger partial charge on any atom is -0.329 e. The van der Waals surface area contributed by atoms with Crippen molar-refractivity contribution in [3.05, 3.63) is 59.1 Å². The van der Waals surface area contributed by atoms with Crippen molar-refractivity contribution in [1.29, 1.82) is 0 Å². The van der Waals surface area contributed by atoms with Gasteiger partial charge in [-0.05, 0) is 42.2 Å². The lowest BCUT2D eigenvalue weighted by Gasteiger charge is -2.23. The van der Waals surface area contributed by atoms with Crippen LogP contribution in [0.1, 0.15) is 35.5 Å². The zero-order valence-electron chi connectivity index (χ0n) is 16.4. The van der Waals surface area contributed by atoms with Crippen LogP contribution in [0.4, 0.5) is 5.13 Å². The summed E-state index contributed by atoms with van der Waals surface area (Å²) in [6.45, 7) is 6.70. The second-order valence-corrected chi connectivity index (χ2v) is 8.53. The van der Waals surface area contributed by atoms with Crippen LogP contribution in [-0.4, -0.2) is 34.8 Å². The molecular weight excluding hydrogens is 370 g/mol. The zero-order valence-corrected chi connectivity index (χ0v) is 17.3. The van der Waals surface area contributed by atoms with Crippen LogP contribution in [0.2, 0.25) is 0 Å². The van der Waals surface area contributed by atoms with Gasteiger partial charge in [-0.1, -0.05) is 44.2 Å². The fourth-order valence-corrected chi connectivity index (χ4v) is 3.60. The Labute approximate surface area is 169 Å². The quantitative estimate of drug-likeness (QED) is 0.629. The number of thiazole rings is 1. The summed E-state index contributed by atoms with van der Waals surface area (Å²) in [4.78, 5) is 32.4. The molecule has 2 aromatic carbocycles. The van der Waals surface area contributed by atoms with E-state index in [1.54, 1.807) is 11.1 Å². The number of hydrogen-bond acceptors (Lipinski definition) is 4. The Morgan fingerprint density at radius 3 is 2.57 bits per heavy atom. The molecule has 3 aromatic rings. The minimum atomic E-state index is -0.229. The highest BCUT2D eigenvalue weighted by atomic mass is 32.1. The molecule has 0 fully saturated rings. The summed E-state index contributed by atoms with van der Waals surface area (Å²) in [5, 5.41) is 5.45. The SMILES string of the molecule is Cc1cnc(NC(=O)CN(CCC(C)C)C(=O)c2ccc3ccccc3c2)s1. The Morgan fingerprint density at radius 1 is 1.14 bits per heavy atom. The molecule has 146 valence electrons. The number of benzene rings is 2. The van der Waals surface area contributed by atoms with Gasteiger partial charge in [0, 0.05) is 23.2 Å². The van der Waals surface area contributed by atoms with E-state index >= 15 is 0 Å². The van der Waals surface area contributed by atoms with Gasteiger partial charge in [0.2, 0.25) is 5.91 Å². The molecule has 1 N–H and O–H groups in total. The van der Waals surface area contributed by atoms with E-state index in [2.05, 4.69) is 24.1 Å². The van der Waals surface area contributed by atoms with Gasteiger partial charge in [-0.2, -0.15) is 0 Å². The summed E-state index contributed by atoms with van der Waals surface area (Å²) in [6, 6.07) is 13.6. The average molecular weight is 396 g/mol. The Balaban J connectivity index is 1.76. The van der Waals surface area contributed by atoms with Crippen molar-refractivity contribution in [2.75, 3.05) is 18.4 Å². The molecule has 6 heteroatoms. The van der Waals surface area contributed by atoms with Crippen molar-refractivity contribution in [2.24, 2.45) is 5.92 Å². The molecule has 0 radical (unpaired) electrons. The van der Waals surface area contributed by atoms with Crippen molar-refractivity contribution in [3.8, 4) is 0 Å². The highest BCUT2D eigenvalue weighted by Gasteiger charge is 2.20. The van der Waals surface area contributed by atoms with Crippen LogP contribution < -0.4 is 5.32 Å². The number of nitrogens with one attached hydrogen (secondary N) is 1. The van der Waals surface area contributed by atoms with Crippen molar-refractivity contribution in [1.82, 2.24) is 9.88 Å². The molecular formula is C22H25N3O2S. The maximum Gasteiger partial charge on any atom is 0.254 e. The molecule has 2 amide bonds. The van der Waals surface area contributed by atoms with E-state index < -0.39 is 0 Å². The summed E-state index contributed by atoms with van der Waals surface area (Å²) < 4.78 is 0. The zero-order chi connectivity index (χ0) is 20.1. The van der Waals surface area contributed by atoms with Crippen molar-refractivity contribution in [2.45, 2.75) is 27.2 Å². The molecule has 0 unspecified atom stereocenters. The Bertz CT molecular complexity index is 981. The van der Waals surface area contributed by atoms with Crippen LogP contribution in [-0.2, 0) is 4.79 Å². The summed E-state index contributed by atoms with van der Waals surface area (Å²) in [6.07, 6.45) is 2.56. The number of fused-ring (bicyclic) bond motifs is 1. The number of aromatic nitrogens is 1. The first-order valence-corrected chi connectivity index (χ1v) is 10.2. The number of anilines is 1. The van der Waals surface area contributed by atoms with Crippen LogP contribution in [0.5, 0.6) is 0 Å². The largest absolute Gasteiger partial charge is 0.329 e. The molecule has 0 saturated heterocycles. The molecule has 3 rings (SSSR count). The number of rotatable bonds is 7. The summed E-state index contributed by atoms with van der Waals surface area (Å²) in [7, 11) is 0. The monoisotopic (exact) mass is 395 g/mol. The molecule has 0 spiro atoms. The van der Waals surface area contributed by atoms with E-state index in [4.69, 9.17) is 0 Å².